The molecule has 11 rings (SSSR count). The summed E-state index contributed by atoms with van der Waals surface area (Å²) in [5.74, 6) is 1.80. The Morgan fingerprint density at radius 2 is 0.893 bits per heavy atom. The van der Waals surface area contributed by atoms with Gasteiger partial charge in [-0.2, -0.15) is 9.97 Å². The molecule has 0 amide bonds. The quantitative estimate of drug-likeness (QED) is 0.172. The lowest BCUT2D eigenvalue weighted by Gasteiger charge is -2.11. The maximum Gasteiger partial charge on any atom is 0.238 e. The monoisotopic (exact) mass is 716 g/mol. The Balaban J connectivity index is 1.17. The molecular formula is C51H32N4O. The molecule has 3 heterocycles. The number of hydrogen-bond donors (Lipinski definition) is 0. The van der Waals surface area contributed by atoms with Gasteiger partial charge in [0.1, 0.15) is 11.2 Å². The predicted molar refractivity (Wildman–Crippen MR) is 229 cm³/mol. The van der Waals surface area contributed by atoms with E-state index in [1.165, 1.54) is 5.56 Å². The number of hydrogen-bond acceptors (Lipinski definition) is 4. The van der Waals surface area contributed by atoms with Crippen LogP contribution in [-0.2, 0) is 0 Å². The van der Waals surface area contributed by atoms with Crippen LogP contribution in [0.4, 0.5) is 0 Å². The molecule has 0 aliphatic carbocycles. The standard InChI is InChI=1S/C51H32N4O/c1-5-14-33(15-6-1)37-26-29-46-43(30-37)48-40(22-13-23-47(48)56-46)39-25-28-44-42(31-39)41-27-24-38(34-16-7-2-8-17-34)32-45(41)55(44)51-53-49(35-18-9-3-10-19-35)52-50(54-51)36-20-11-4-12-21-36/h1-32H. The predicted octanol–water partition coefficient (Wildman–Crippen LogP) is 13.2. The zero-order valence-electron chi connectivity index (χ0n) is 30.2. The first-order valence-electron chi connectivity index (χ1n) is 18.8. The molecule has 0 saturated heterocycles. The molecule has 8 aromatic carbocycles. The number of nitrogens with zero attached hydrogens (tertiary/aromatic N) is 4. The van der Waals surface area contributed by atoms with Gasteiger partial charge in [0.15, 0.2) is 11.6 Å². The minimum absolute atomic E-state index is 0.562. The number of furan rings is 1. The summed E-state index contributed by atoms with van der Waals surface area (Å²) >= 11 is 0. The van der Waals surface area contributed by atoms with Crippen LogP contribution in [0.2, 0.25) is 0 Å². The highest BCUT2D eigenvalue weighted by Gasteiger charge is 2.20. The zero-order chi connectivity index (χ0) is 37.0. The summed E-state index contributed by atoms with van der Waals surface area (Å²) in [6.07, 6.45) is 0. The molecule has 0 aliphatic heterocycles. The van der Waals surface area contributed by atoms with E-state index in [4.69, 9.17) is 19.4 Å². The van der Waals surface area contributed by atoms with E-state index in [1.54, 1.807) is 0 Å². The van der Waals surface area contributed by atoms with Crippen molar-refractivity contribution >= 4 is 43.7 Å². The van der Waals surface area contributed by atoms with E-state index >= 15 is 0 Å². The van der Waals surface area contributed by atoms with Gasteiger partial charge in [-0.25, -0.2) is 4.98 Å². The van der Waals surface area contributed by atoms with Crippen molar-refractivity contribution in [3.8, 4) is 62.1 Å². The molecule has 5 heteroatoms. The molecule has 11 aromatic rings. The van der Waals surface area contributed by atoms with Crippen molar-refractivity contribution in [2.75, 3.05) is 0 Å². The molecule has 262 valence electrons. The van der Waals surface area contributed by atoms with Crippen LogP contribution in [0.15, 0.2) is 199 Å². The van der Waals surface area contributed by atoms with Crippen LogP contribution < -0.4 is 0 Å². The Morgan fingerprint density at radius 1 is 0.339 bits per heavy atom. The second kappa shape index (κ2) is 13.0. The Bertz CT molecular complexity index is 3170. The fraction of sp³-hybridized carbons (Fsp3) is 0. The lowest BCUT2D eigenvalue weighted by atomic mass is 9.96. The number of fused-ring (bicyclic) bond motifs is 6. The largest absolute Gasteiger partial charge is 0.456 e. The molecule has 0 bridgehead atoms. The molecule has 56 heavy (non-hydrogen) atoms. The molecule has 0 saturated carbocycles. The van der Waals surface area contributed by atoms with Crippen LogP contribution in [0, 0.1) is 0 Å². The summed E-state index contributed by atoms with van der Waals surface area (Å²) in [6.45, 7) is 0. The number of aromatic nitrogens is 4. The van der Waals surface area contributed by atoms with E-state index in [-0.39, 0.29) is 0 Å². The molecule has 0 spiro atoms. The third-order valence-corrected chi connectivity index (χ3v) is 10.7. The molecule has 3 aromatic heterocycles. The molecule has 0 unspecified atom stereocenters. The first kappa shape index (κ1) is 31.9. The van der Waals surface area contributed by atoms with Crippen molar-refractivity contribution in [3.63, 3.8) is 0 Å². The summed E-state index contributed by atoms with van der Waals surface area (Å²) in [6, 6.07) is 67.5. The molecule has 0 fully saturated rings. The van der Waals surface area contributed by atoms with Crippen LogP contribution in [0.3, 0.4) is 0 Å². The van der Waals surface area contributed by atoms with Crippen molar-refractivity contribution in [3.05, 3.63) is 194 Å². The van der Waals surface area contributed by atoms with E-state index in [2.05, 4.69) is 126 Å². The average Bonchev–Trinajstić information content (AvgIpc) is 3.82. The van der Waals surface area contributed by atoms with Crippen molar-refractivity contribution in [2.24, 2.45) is 0 Å². The molecule has 0 radical (unpaired) electrons. The van der Waals surface area contributed by atoms with Crippen LogP contribution >= 0.6 is 0 Å². The minimum atomic E-state index is 0.562. The zero-order valence-corrected chi connectivity index (χ0v) is 30.2. The Morgan fingerprint density at radius 3 is 1.54 bits per heavy atom. The SMILES string of the molecule is c1ccc(-c2ccc3oc4cccc(-c5ccc6c(c5)c5ccc(-c7ccccc7)cc5n6-c5nc(-c6ccccc6)nc(-c6ccccc6)n5)c4c3c2)cc1. The second-order valence-corrected chi connectivity index (χ2v) is 14.0. The topological polar surface area (TPSA) is 56.7 Å². The highest BCUT2D eigenvalue weighted by molar-refractivity contribution is 6.16. The van der Waals surface area contributed by atoms with Gasteiger partial charge < -0.3 is 4.42 Å². The van der Waals surface area contributed by atoms with Crippen LogP contribution in [0.5, 0.6) is 0 Å². The van der Waals surface area contributed by atoms with Gasteiger partial charge >= 0.3 is 0 Å². The second-order valence-electron chi connectivity index (χ2n) is 14.0. The Labute approximate surface area is 322 Å². The molecular weight excluding hydrogens is 685 g/mol. The summed E-state index contributed by atoms with van der Waals surface area (Å²) in [7, 11) is 0. The van der Waals surface area contributed by atoms with Crippen LogP contribution in [-0.4, -0.2) is 19.5 Å². The van der Waals surface area contributed by atoms with E-state index in [0.717, 1.165) is 82.7 Å². The fourth-order valence-corrected chi connectivity index (χ4v) is 7.99. The number of benzene rings is 8. The normalized spacial score (nSPS) is 11.6. The molecule has 5 nitrogen and oxygen atoms in total. The van der Waals surface area contributed by atoms with Crippen molar-refractivity contribution in [2.45, 2.75) is 0 Å². The summed E-state index contributed by atoms with van der Waals surface area (Å²) < 4.78 is 8.64. The van der Waals surface area contributed by atoms with Crippen molar-refractivity contribution in [1.82, 2.24) is 19.5 Å². The Kier molecular flexibility index (Phi) is 7.42. The van der Waals surface area contributed by atoms with Crippen molar-refractivity contribution < 1.29 is 4.42 Å². The van der Waals surface area contributed by atoms with Gasteiger partial charge in [0.25, 0.3) is 0 Å². The fourth-order valence-electron chi connectivity index (χ4n) is 7.99. The van der Waals surface area contributed by atoms with Gasteiger partial charge in [0, 0.05) is 32.7 Å². The maximum atomic E-state index is 6.45. The summed E-state index contributed by atoms with van der Waals surface area (Å²) in [5, 5.41) is 4.42. The van der Waals surface area contributed by atoms with E-state index in [9.17, 15) is 0 Å². The maximum absolute atomic E-state index is 6.45. The van der Waals surface area contributed by atoms with Gasteiger partial charge in [-0.3, -0.25) is 4.57 Å². The third kappa shape index (κ3) is 5.37. The smallest absolute Gasteiger partial charge is 0.238 e. The molecule has 0 atom stereocenters. The molecule has 0 aliphatic rings. The first-order valence-corrected chi connectivity index (χ1v) is 18.8. The van der Waals surface area contributed by atoms with Gasteiger partial charge in [0.2, 0.25) is 5.95 Å². The first-order chi connectivity index (χ1) is 27.7. The highest BCUT2D eigenvalue weighted by Crippen LogP contribution is 2.41. The van der Waals surface area contributed by atoms with Crippen LogP contribution in [0.25, 0.3) is 106 Å². The Hall–Kier alpha value is -7.63. The van der Waals surface area contributed by atoms with E-state index in [0.29, 0.717) is 17.6 Å². The van der Waals surface area contributed by atoms with Gasteiger partial charge in [0.05, 0.1) is 11.0 Å². The lowest BCUT2D eigenvalue weighted by molar-refractivity contribution is 0.669. The van der Waals surface area contributed by atoms with Gasteiger partial charge in [-0.1, -0.05) is 158 Å². The lowest BCUT2D eigenvalue weighted by Crippen LogP contribution is -2.06. The van der Waals surface area contributed by atoms with Crippen molar-refractivity contribution in [1.29, 1.82) is 0 Å². The summed E-state index contributed by atoms with van der Waals surface area (Å²) in [4.78, 5) is 15.4. The van der Waals surface area contributed by atoms with E-state index in [1.807, 2.05) is 72.8 Å². The highest BCUT2D eigenvalue weighted by atomic mass is 16.3. The molecule has 0 N–H and O–H groups in total. The van der Waals surface area contributed by atoms with Crippen LogP contribution in [0.1, 0.15) is 0 Å². The average molecular weight is 717 g/mol. The minimum Gasteiger partial charge on any atom is -0.456 e. The van der Waals surface area contributed by atoms with E-state index < -0.39 is 0 Å². The van der Waals surface area contributed by atoms with Gasteiger partial charge in [-0.05, 0) is 69.8 Å². The summed E-state index contributed by atoms with van der Waals surface area (Å²) in [5.41, 5.74) is 12.4. The van der Waals surface area contributed by atoms with Gasteiger partial charge in [-0.15, -0.1) is 0 Å². The third-order valence-electron chi connectivity index (χ3n) is 10.7. The number of rotatable bonds is 6.